The van der Waals surface area contributed by atoms with Crippen molar-refractivity contribution in [2.45, 2.75) is 74.9 Å². The first-order valence-corrected chi connectivity index (χ1v) is 10.3. The van der Waals surface area contributed by atoms with Crippen LogP contribution in [0.3, 0.4) is 0 Å². The molecule has 0 bridgehead atoms. The summed E-state index contributed by atoms with van der Waals surface area (Å²) in [5, 5.41) is 0.214. The normalized spacial score (nSPS) is 18.9. The van der Waals surface area contributed by atoms with Gasteiger partial charge < -0.3 is 4.42 Å². The number of oxazole rings is 1. The predicted molar refractivity (Wildman–Crippen MR) is 96.4 cm³/mol. The van der Waals surface area contributed by atoms with E-state index in [1.807, 2.05) is 27.7 Å². The molecule has 0 radical (unpaired) electrons. The van der Waals surface area contributed by atoms with E-state index in [1.54, 1.807) is 12.1 Å². The molecule has 6 heteroatoms. The first-order chi connectivity index (χ1) is 11.1. The minimum atomic E-state index is -3.62. The zero-order valence-corrected chi connectivity index (χ0v) is 16.2. The quantitative estimate of drug-likeness (QED) is 0.722. The molecule has 1 saturated carbocycles. The number of benzene rings is 1. The van der Waals surface area contributed by atoms with Gasteiger partial charge in [0.2, 0.25) is 5.89 Å². The molecule has 1 aliphatic carbocycles. The number of fused-ring (bicyclic) bond motifs is 1. The Morgan fingerprint density at radius 2 is 1.79 bits per heavy atom. The standard InChI is InChI=1S/C18H24ClNO3S/c1-17(2,3)16-20-13-9-8-12(19)15(14(13)23-16)24(21,22)18(4)10-6-5-7-11-18/h8-9H,5-7,10-11H2,1-4H3. The maximum Gasteiger partial charge on any atom is 0.200 e. The maximum absolute atomic E-state index is 13.4. The van der Waals surface area contributed by atoms with Crippen molar-refractivity contribution in [3.05, 3.63) is 23.0 Å². The van der Waals surface area contributed by atoms with Gasteiger partial charge in [0.15, 0.2) is 15.4 Å². The van der Waals surface area contributed by atoms with E-state index in [2.05, 4.69) is 4.98 Å². The number of aromatic nitrogens is 1. The molecule has 0 saturated heterocycles. The Balaban J connectivity index is 2.25. The molecule has 0 amide bonds. The van der Waals surface area contributed by atoms with Crippen LogP contribution in [0.15, 0.2) is 21.4 Å². The number of rotatable bonds is 2. The molecule has 1 aromatic carbocycles. The van der Waals surface area contributed by atoms with Crippen molar-refractivity contribution in [3.63, 3.8) is 0 Å². The van der Waals surface area contributed by atoms with Crippen LogP contribution >= 0.6 is 11.6 Å². The average molecular weight is 370 g/mol. The molecule has 4 nitrogen and oxygen atoms in total. The van der Waals surface area contributed by atoms with Crippen LogP contribution in [0.2, 0.25) is 5.02 Å². The predicted octanol–water partition coefficient (Wildman–Crippen LogP) is 5.28. The number of hydrogen-bond donors (Lipinski definition) is 0. The number of hydrogen-bond acceptors (Lipinski definition) is 4. The van der Waals surface area contributed by atoms with E-state index in [1.165, 1.54) is 0 Å². The molecule has 1 fully saturated rings. The van der Waals surface area contributed by atoms with E-state index in [0.717, 1.165) is 19.3 Å². The van der Waals surface area contributed by atoms with Crippen LogP contribution in [0.1, 0.15) is 65.7 Å². The summed E-state index contributed by atoms with van der Waals surface area (Å²) < 4.78 is 32.0. The summed E-state index contributed by atoms with van der Waals surface area (Å²) in [5.74, 6) is 0.519. The molecule has 1 aliphatic rings. The molecule has 0 unspecified atom stereocenters. The molecular weight excluding hydrogens is 346 g/mol. The molecule has 0 aliphatic heterocycles. The highest BCUT2D eigenvalue weighted by Crippen LogP contribution is 2.43. The summed E-state index contributed by atoms with van der Waals surface area (Å²) in [6.45, 7) is 7.78. The molecule has 24 heavy (non-hydrogen) atoms. The number of sulfone groups is 1. The number of nitrogens with zero attached hydrogens (tertiary/aromatic N) is 1. The Labute approximate surface area is 148 Å². The fraction of sp³-hybridized carbons (Fsp3) is 0.611. The van der Waals surface area contributed by atoms with Crippen LogP contribution in [0.4, 0.5) is 0 Å². The fourth-order valence-corrected chi connectivity index (χ4v) is 5.82. The average Bonchev–Trinajstić information content (AvgIpc) is 2.91. The second kappa shape index (κ2) is 5.73. The highest BCUT2D eigenvalue weighted by Gasteiger charge is 2.44. The second-order valence-electron chi connectivity index (χ2n) is 8.01. The third kappa shape index (κ3) is 2.76. The highest BCUT2D eigenvalue weighted by molar-refractivity contribution is 7.93. The van der Waals surface area contributed by atoms with E-state index in [-0.39, 0.29) is 15.3 Å². The highest BCUT2D eigenvalue weighted by atomic mass is 35.5. The molecule has 132 valence electrons. The molecule has 0 N–H and O–H groups in total. The second-order valence-corrected chi connectivity index (χ2v) is 10.8. The monoisotopic (exact) mass is 369 g/mol. The summed E-state index contributed by atoms with van der Waals surface area (Å²) in [7, 11) is -3.62. The fourth-order valence-electron chi connectivity index (χ4n) is 3.33. The Morgan fingerprint density at radius 3 is 2.38 bits per heavy atom. The Kier molecular flexibility index (Phi) is 4.24. The van der Waals surface area contributed by atoms with Gasteiger partial charge in [0, 0.05) is 5.41 Å². The Bertz CT molecular complexity index is 872. The lowest BCUT2D eigenvalue weighted by molar-refractivity contribution is 0.392. The van der Waals surface area contributed by atoms with Crippen LogP contribution in [0.25, 0.3) is 11.1 Å². The molecule has 1 aromatic heterocycles. The minimum Gasteiger partial charge on any atom is -0.439 e. The van der Waals surface area contributed by atoms with Crippen molar-refractivity contribution in [3.8, 4) is 0 Å². The van der Waals surface area contributed by atoms with Crippen molar-refractivity contribution in [1.82, 2.24) is 4.98 Å². The minimum absolute atomic E-state index is 0.106. The van der Waals surface area contributed by atoms with Crippen molar-refractivity contribution in [2.75, 3.05) is 0 Å². The lowest BCUT2D eigenvalue weighted by Crippen LogP contribution is -2.37. The molecule has 3 rings (SSSR count). The van der Waals surface area contributed by atoms with Crippen molar-refractivity contribution >= 4 is 32.5 Å². The van der Waals surface area contributed by atoms with E-state index in [4.69, 9.17) is 16.0 Å². The first-order valence-electron chi connectivity index (χ1n) is 8.40. The zero-order valence-electron chi connectivity index (χ0n) is 14.6. The lowest BCUT2D eigenvalue weighted by atomic mass is 9.90. The van der Waals surface area contributed by atoms with Crippen LogP contribution in [0.5, 0.6) is 0 Å². The van der Waals surface area contributed by atoms with Gasteiger partial charge in [-0.15, -0.1) is 0 Å². The van der Waals surface area contributed by atoms with Crippen LogP contribution in [-0.4, -0.2) is 18.1 Å². The zero-order chi connectivity index (χ0) is 17.8. The summed E-state index contributed by atoms with van der Waals surface area (Å²) in [6.07, 6.45) is 4.24. The van der Waals surface area contributed by atoms with E-state index in [9.17, 15) is 8.42 Å². The van der Waals surface area contributed by atoms with Crippen molar-refractivity contribution in [1.29, 1.82) is 0 Å². The van der Waals surface area contributed by atoms with Crippen LogP contribution < -0.4 is 0 Å². The Hall–Kier alpha value is -1.07. The lowest BCUT2D eigenvalue weighted by Gasteiger charge is -2.33. The van der Waals surface area contributed by atoms with Gasteiger partial charge in [-0.2, -0.15) is 0 Å². The summed E-state index contributed by atoms with van der Waals surface area (Å²) in [6, 6.07) is 3.33. The van der Waals surface area contributed by atoms with Crippen molar-refractivity contribution < 1.29 is 12.8 Å². The van der Waals surface area contributed by atoms with Crippen LogP contribution in [0, 0.1) is 0 Å². The van der Waals surface area contributed by atoms with Gasteiger partial charge in [0.05, 0.1) is 9.77 Å². The third-order valence-electron chi connectivity index (χ3n) is 4.93. The SMILES string of the molecule is CC(C)(C)c1nc2ccc(Cl)c(S(=O)(=O)C3(C)CCCCC3)c2o1. The summed E-state index contributed by atoms with van der Waals surface area (Å²) in [4.78, 5) is 4.58. The topological polar surface area (TPSA) is 60.2 Å². The van der Waals surface area contributed by atoms with Gasteiger partial charge >= 0.3 is 0 Å². The first kappa shape index (κ1) is 17.7. The van der Waals surface area contributed by atoms with Gasteiger partial charge in [0.25, 0.3) is 0 Å². The summed E-state index contributed by atoms with van der Waals surface area (Å²) in [5.41, 5.74) is 0.530. The smallest absolute Gasteiger partial charge is 0.200 e. The largest absolute Gasteiger partial charge is 0.439 e. The molecule has 0 spiro atoms. The van der Waals surface area contributed by atoms with Gasteiger partial charge in [0.1, 0.15) is 10.4 Å². The van der Waals surface area contributed by atoms with Gasteiger partial charge in [-0.05, 0) is 31.9 Å². The summed E-state index contributed by atoms with van der Waals surface area (Å²) >= 11 is 6.33. The van der Waals surface area contributed by atoms with Crippen LogP contribution in [-0.2, 0) is 15.3 Å². The van der Waals surface area contributed by atoms with E-state index in [0.29, 0.717) is 29.8 Å². The van der Waals surface area contributed by atoms with Gasteiger partial charge in [-0.3, -0.25) is 0 Å². The van der Waals surface area contributed by atoms with Crippen molar-refractivity contribution in [2.24, 2.45) is 0 Å². The molecule has 1 heterocycles. The van der Waals surface area contributed by atoms with Gasteiger partial charge in [-0.25, -0.2) is 13.4 Å². The van der Waals surface area contributed by atoms with E-state index < -0.39 is 14.6 Å². The maximum atomic E-state index is 13.4. The molecular formula is C18H24ClNO3S. The third-order valence-corrected chi connectivity index (χ3v) is 8.01. The van der Waals surface area contributed by atoms with Gasteiger partial charge in [-0.1, -0.05) is 51.6 Å². The Morgan fingerprint density at radius 1 is 1.17 bits per heavy atom. The number of halogens is 1. The molecule has 0 atom stereocenters. The molecule has 2 aromatic rings. The van der Waals surface area contributed by atoms with E-state index >= 15 is 0 Å².